The van der Waals surface area contributed by atoms with Gasteiger partial charge >= 0.3 is 6.03 Å². The molecule has 0 aliphatic carbocycles. The van der Waals surface area contributed by atoms with E-state index < -0.39 is 0 Å². The number of aromatic amines is 1. The number of anilines is 2. The molecular weight excluding hydrogens is 488 g/mol. The Kier molecular flexibility index (Phi) is 6.34. The number of urea groups is 1. The van der Waals surface area contributed by atoms with Crippen molar-refractivity contribution in [3.63, 3.8) is 0 Å². The molecule has 5 aromatic rings. The third kappa shape index (κ3) is 4.75. The molecule has 0 spiro atoms. The van der Waals surface area contributed by atoms with E-state index in [9.17, 15) is 4.79 Å². The van der Waals surface area contributed by atoms with Gasteiger partial charge in [-0.05, 0) is 58.3 Å². The van der Waals surface area contributed by atoms with Crippen molar-refractivity contribution in [2.24, 2.45) is 0 Å². The number of hydrogen-bond acceptors (Lipinski definition) is 5. The molecule has 8 nitrogen and oxygen atoms in total. The number of carbonyl (C=O) groups excluding carboxylic acids is 1. The molecular formula is C31H26N6O2. The molecule has 1 aromatic heterocycles. The number of aryl methyl sites for hydroxylation is 1. The predicted octanol–water partition coefficient (Wildman–Crippen LogP) is 6.57. The monoisotopic (exact) mass is 514 g/mol. The van der Waals surface area contributed by atoms with Crippen molar-refractivity contribution in [2.75, 3.05) is 10.6 Å². The highest BCUT2D eigenvalue weighted by Gasteiger charge is 2.36. The third-order valence-corrected chi connectivity index (χ3v) is 6.82. The molecule has 0 unspecified atom stereocenters. The molecule has 1 aliphatic rings. The zero-order chi connectivity index (χ0) is 26.8. The van der Waals surface area contributed by atoms with Gasteiger partial charge in [0.1, 0.15) is 11.9 Å². The number of ether oxygens (including phenoxy) is 1. The molecule has 8 heteroatoms. The Bertz CT molecular complexity index is 1630. The number of fused-ring (bicyclic) bond motifs is 1. The van der Waals surface area contributed by atoms with E-state index in [0.717, 1.165) is 33.4 Å². The van der Waals surface area contributed by atoms with Gasteiger partial charge in [-0.3, -0.25) is 0 Å². The van der Waals surface area contributed by atoms with Crippen molar-refractivity contribution < 1.29 is 9.53 Å². The minimum absolute atomic E-state index is 0.0986. The second kappa shape index (κ2) is 10.3. The molecule has 0 saturated heterocycles. The Morgan fingerprint density at radius 2 is 1.69 bits per heavy atom. The third-order valence-electron chi connectivity index (χ3n) is 6.82. The SMILES string of the molecule is C=C[C@H]1Oc2c(NC(=O)Nc3ccc(C)cc3)cc(-c3ccccc3-c3nnn[nH]3)cc2[C@@H]1c1ccccc1. The maximum Gasteiger partial charge on any atom is 0.323 e. The lowest BCUT2D eigenvalue weighted by molar-refractivity contribution is 0.260. The van der Waals surface area contributed by atoms with Crippen LogP contribution in [0.5, 0.6) is 5.75 Å². The molecule has 4 aromatic carbocycles. The number of carbonyl (C=O) groups is 1. The summed E-state index contributed by atoms with van der Waals surface area (Å²) >= 11 is 0. The first kappa shape index (κ1) is 24.1. The van der Waals surface area contributed by atoms with Crippen LogP contribution in [0.1, 0.15) is 22.6 Å². The Hall–Kier alpha value is -5.24. The maximum absolute atomic E-state index is 13.1. The molecule has 0 fully saturated rings. The van der Waals surface area contributed by atoms with Crippen LogP contribution in [0, 0.1) is 6.92 Å². The summed E-state index contributed by atoms with van der Waals surface area (Å²) in [7, 11) is 0. The van der Waals surface area contributed by atoms with E-state index in [2.05, 4.69) is 56.0 Å². The van der Waals surface area contributed by atoms with Crippen molar-refractivity contribution in [1.29, 1.82) is 0 Å². The van der Waals surface area contributed by atoms with E-state index in [-0.39, 0.29) is 18.1 Å². The highest BCUT2D eigenvalue weighted by molar-refractivity contribution is 6.02. The molecule has 0 bridgehead atoms. The molecule has 192 valence electrons. The summed E-state index contributed by atoms with van der Waals surface area (Å²) in [5.74, 6) is 1.08. The molecule has 39 heavy (non-hydrogen) atoms. The average molecular weight is 515 g/mol. The van der Waals surface area contributed by atoms with Crippen molar-refractivity contribution in [1.82, 2.24) is 20.6 Å². The number of hydrogen-bond donors (Lipinski definition) is 3. The van der Waals surface area contributed by atoms with Crippen LogP contribution < -0.4 is 15.4 Å². The smallest absolute Gasteiger partial charge is 0.323 e. The molecule has 1 aliphatic heterocycles. The van der Waals surface area contributed by atoms with Gasteiger partial charge < -0.3 is 15.4 Å². The molecule has 6 rings (SSSR count). The van der Waals surface area contributed by atoms with Crippen LogP contribution in [-0.4, -0.2) is 32.8 Å². The van der Waals surface area contributed by atoms with Gasteiger partial charge in [-0.2, -0.15) is 0 Å². The summed E-state index contributed by atoms with van der Waals surface area (Å²) in [5.41, 5.74) is 7.07. The lowest BCUT2D eigenvalue weighted by Crippen LogP contribution is -2.20. The summed E-state index contributed by atoms with van der Waals surface area (Å²) in [4.78, 5) is 13.1. The number of H-pyrrole nitrogens is 1. The van der Waals surface area contributed by atoms with Crippen LogP contribution in [-0.2, 0) is 0 Å². The van der Waals surface area contributed by atoms with Gasteiger partial charge in [0.15, 0.2) is 5.82 Å². The largest absolute Gasteiger partial charge is 0.483 e. The van der Waals surface area contributed by atoms with Gasteiger partial charge in [0, 0.05) is 16.8 Å². The van der Waals surface area contributed by atoms with Gasteiger partial charge in [-0.1, -0.05) is 84.9 Å². The predicted molar refractivity (Wildman–Crippen MR) is 152 cm³/mol. The van der Waals surface area contributed by atoms with Crippen LogP contribution in [0.2, 0.25) is 0 Å². The van der Waals surface area contributed by atoms with E-state index in [0.29, 0.717) is 22.9 Å². The fourth-order valence-corrected chi connectivity index (χ4v) is 4.99. The van der Waals surface area contributed by atoms with Crippen LogP contribution in [0.25, 0.3) is 22.5 Å². The number of amides is 2. The molecule has 2 heterocycles. The van der Waals surface area contributed by atoms with E-state index >= 15 is 0 Å². The summed E-state index contributed by atoms with van der Waals surface area (Å²) in [6.45, 7) is 6.03. The second-order valence-electron chi connectivity index (χ2n) is 9.39. The van der Waals surface area contributed by atoms with Gasteiger partial charge in [-0.15, -0.1) is 5.10 Å². The first-order chi connectivity index (χ1) is 19.1. The number of aromatic nitrogens is 4. The highest BCUT2D eigenvalue weighted by Crippen LogP contribution is 2.49. The first-order valence-corrected chi connectivity index (χ1v) is 12.6. The van der Waals surface area contributed by atoms with Gasteiger partial charge in [0.2, 0.25) is 0 Å². The zero-order valence-corrected chi connectivity index (χ0v) is 21.3. The van der Waals surface area contributed by atoms with Crippen molar-refractivity contribution >= 4 is 17.4 Å². The highest BCUT2D eigenvalue weighted by atomic mass is 16.5. The van der Waals surface area contributed by atoms with E-state index in [1.54, 1.807) is 0 Å². The molecule has 2 atom stereocenters. The molecule has 2 amide bonds. The van der Waals surface area contributed by atoms with Gasteiger partial charge in [0.25, 0.3) is 0 Å². The Morgan fingerprint density at radius 1 is 0.949 bits per heavy atom. The van der Waals surface area contributed by atoms with E-state index in [4.69, 9.17) is 4.74 Å². The Balaban J connectivity index is 1.47. The van der Waals surface area contributed by atoms with Crippen molar-refractivity contribution in [3.8, 4) is 28.3 Å². The lowest BCUT2D eigenvalue weighted by Gasteiger charge is -2.17. The molecule has 0 saturated carbocycles. The van der Waals surface area contributed by atoms with Crippen molar-refractivity contribution in [2.45, 2.75) is 18.9 Å². The summed E-state index contributed by atoms with van der Waals surface area (Å²) in [6, 6.07) is 29.3. The minimum Gasteiger partial charge on any atom is -0.483 e. The van der Waals surface area contributed by atoms with Crippen LogP contribution >= 0.6 is 0 Å². The number of nitrogens with one attached hydrogen (secondary N) is 3. The minimum atomic E-state index is -0.368. The Morgan fingerprint density at radius 3 is 2.41 bits per heavy atom. The molecule has 0 radical (unpaired) electrons. The van der Waals surface area contributed by atoms with Crippen molar-refractivity contribution in [3.05, 3.63) is 120 Å². The standard InChI is InChI=1S/C31H26N6O2/c1-3-27-28(20-9-5-4-6-10-20)25-17-21(23-11-7-8-12-24(23)30-34-36-37-35-30)18-26(29(25)39-27)33-31(38)32-22-15-13-19(2)14-16-22/h3-18,27-28H,1H2,2H3,(H2,32,33,38)(H,34,35,36,37)/t27-,28+/m1/s1. The van der Waals surface area contributed by atoms with Gasteiger partial charge in [0.05, 0.1) is 11.6 Å². The normalized spacial score (nSPS) is 15.7. The fourth-order valence-electron chi connectivity index (χ4n) is 4.99. The zero-order valence-electron chi connectivity index (χ0n) is 21.3. The average Bonchev–Trinajstić information content (AvgIpc) is 3.63. The summed E-state index contributed by atoms with van der Waals surface area (Å²) in [5, 5.41) is 20.4. The fraction of sp³-hybridized carbons (Fsp3) is 0.0968. The second-order valence-corrected chi connectivity index (χ2v) is 9.39. The first-order valence-electron chi connectivity index (χ1n) is 12.6. The van der Waals surface area contributed by atoms with Crippen LogP contribution in [0.15, 0.2) is 104 Å². The summed E-state index contributed by atoms with van der Waals surface area (Å²) < 4.78 is 6.42. The quantitative estimate of drug-likeness (QED) is 0.223. The van der Waals surface area contributed by atoms with Crippen LogP contribution in [0.4, 0.5) is 16.2 Å². The summed E-state index contributed by atoms with van der Waals surface area (Å²) in [6.07, 6.45) is 1.51. The lowest BCUT2D eigenvalue weighted by atomic mass is 9.86. The molecule has 3 N–H and O–H groups in total. The number of benzene rings is 4. The van der Waals surface area contributed by atoms with Gasteiger partial charge in [-0.25, -0.2) is 9.89 Å². The number of nitrogens with zero attached hydrogens (tertiary/aromatic N) is 3. The van der Waals surface area contributed by atoms with Crippen LogP contribution in [0.3, 0.4) is 0 Å². The maximum atomic E-state index is 13.1. The van der Waals surface area contributed by atoms with E-state index in [1.807, 2.05) is 85.8 Å². The number of rotatable bonds is 6. The number of tetrazole rings is 1. The topological polar surface area (TPSA) is 105 Å². The van der Waals surface area contributed by atoms with E-state index in [1.165, 1.54) is 0 Å². The Labute approximate surface area is 225 Å².